The average Bonchev–Trinajstić information content (AvgIpc) is 3.14. The minimum Gasteiger partial charge on any atom is -0.493 e. The molecule has 158 valence electrons. The van der Waals surface area contributed by atoms with Crippen molar-refractivity contribution >= 4 is 16.9 Å². The SMILES string of the molecule is C=C1OC=C(C(=O)OC)C2CC3c4[nH]c5cc(OC)c(OC)cc5c4CCN3CC12. The molecule has 1 aromatic carbocycles. The molecule has 2 aromatic rings. The van der Waals surface area contributed by atoms with Gasteiger partial charge in [0, 0.05) is 47.6 Å². The van der Waals surface area contributed by atoms with Crippen molar-refractivity contribution in [2.45, 2.75) is 18.9 Å². The molecule has 5 rings (SSSR count). The van der Waals surface area contributed by atoms with Crippen LogP contribution in [0.15, 0.2) is 36.3 Å². The number of nitrogens with one attached hydrogen (secondary N) is 1. The van der Waals surface area contributed by atoms with Crippen molar-refractivity contribution in [2.24, 2.45) is 11.8 Å². The fraction of sp³-hybridized carbons (Fsp3) is 0.435. The maximum absolute atomic E-state index is 12.4. The number of aromatic nitrogens is 1. The average molecular weight is 410 g/mol. The molecule has 1 saturated heterocycles. The van der Waals surface area contributed by atoms with Crippen LogP contribution in [0.4, 0.5) is 0 Å². The fourth-order valence-electron chi connectivity index (χ4n) is 5.32. The number of H-pyrrole nitrogens is 1. The number of methoxy groups -OCH3 is 3. The van der Waals surface area contributed by atoms with E-state index in [0.717, 1.165) is 43.0 Å². The number of hydrogen-bond acceptors (Lipinski definition) is 6. The molecular weight excluding hydrogens is 384 g/mol. The van der Waals surface area contributed by atoms with E-state index in [0.29, 0.717) is 11.3 Å². The largest absolute Gasteiger partial charge is 0.493 e. The minimum atomic E-state index is -0.326. The number of rotatable bonds is 3. The standard InChI is InChI=1S/C23H26N2O5/c1-12-16-10-25-6-5-13-15-8-20(27-2)21(28-3)9-18(15)24-22(13)19(25)7-14(16)17(11-30-12)23(26)29-4/h8-9,11,14,16,19,24H,1,5-7,10H2,2-4H3. The molecule has 0 bridgehead atoms. The van der Waals surface area contributed by atoms with Crippen molar-refractivity contribution in [1.29, 1.82) is 0 Å². The molecule has 30 heavy (non-hydrogen) atoms. The van der Waals surface area contributed by atoms with Crippen molar-refractivity contribution in [3.8, 4) is 11.5 Å². The summed E-state index contributed by atoms with van der Waals surface area (Å²) in [6, 6.07) is 4.25. The first-order valence-electron chi connectivity index (χ1n) is 10.2. The highest BCUT2D eigenvalue weighted by atomic mass is 16.5. The van der Waals surface area contributed by atoms with Crippen molar-refractivity contribution in [3.05, 3.63) is 47.6 Å². The number of fused-ring (bicyclic) bond motifs is 6. The molecule has 0 saturated carbocycles. The van der Waals surface area contributed by atoms with E-state index in [1.54, 1.807) is 14.2 Å². The number of benzene rings is 1. The highest BCUT2D eigenvalue weighted by Gasteiger charge is 2.46. The summed E-state index contributed by atoms with van der Waals surface area (Å²) in [5.41, 5.74) is 4.18. The second-order valence-corrected chi connectivity index (χ2v) is 8.13. The van der Waals surface area contributed by atoms with E-state index >= 15 is 0 Å². The van der Waals surface area contributed by atoms with Crippen LogP contribution < -0.4 is 9.47 Å². The molecule has 1 fully saturated rings. The zero-order valence-corrected chi connectivity index (χ0v) is 17.5. The summed E-state index contributed by atoms with van der Waals surface area (Å²) in [6.07, 6.45) is 3.28. The van der Waals surface area contributed by atoms with Crippen LogP contribution in [0.5, 0.6) is 11.5 Å². The second-order valence-electron chi connectivity index (χ2n) is 8.13. The predicted molar refractivity (Wildman–Crippen MR) is 111 cm³/mol. The Hall–Kier alpha value is -2.93. The Morgan fingerprint density at radius 3 is 2.70 bits per heavy atom. The Labute approximate surface area is 175 Å². The number of esters is 1. The number of piperidine rings is 1. The summed E-state index contributed by atoms with van der Waals surface area (Å²) in [7, 11) is 4.71. The Morgan fingerprint density at radius 2 is 1.97 bits per heavy atom. The van der Waals surface area contributed by atoms with Crippen LogP contribution in [0.25, 0.3) is 10.9 Å². The molecule has 1 aromatic heterocycles. The van der Waals surface area contributed by atoms with E-state index in [-0.39, 0.29) is 23.8 Å². The molecule has 3 aliphatic rings. The monoisotopic (exact) mass is 410 g/mol. The maximum Gasteiger partial charge on any atom is 0.337 e. The molecule has 0 aliphatic carbocycles. The summed E-state index contributed by atoms with van der Waals surface area (Å²) in [6.45, 7) is 5.85. The third-order valence-electron chi connectivity index (χ3n) is 6.83. The van der Waals surface area contributed by atoms with E-state index < -0.39 is 0 Å². The predicted octanol–water partition coefficient (Wildman–Crippen LogP) is 3.32. The Morgan fingerprint density at radius 1 is 1.20 bits per heavy atom. The highest BCUT2D eigenvalue weighted by Crippen LogP contribution is 2.49. The van der Waals surface area contributed by atoms with Gasteiger partial charge in [0.25, 0.3) is 0 Å². The lowest BCUT2D eigenvalue weighted by Crippen LogP contribution is -2.48. The second kappa shape index (κ2) is 7.09. The topological polar surface area (TPSA) is 73.0 Å². The lowest BCUT2D eigenvalue weighted by Gasteiger charge is -2.47. The molecule has 0 spiro atoms. The van der Waals surface area contributed by atoms with Gasteiger partial charge >= 0.3 is 5.97 Å². The molecule has 3 unspecified atom stereocenters. The molecule has 1 N–H and O–H groups in total. The number of nitrogens with zero attached hydrogens (tertiary/aromatic N) is 1. The van der Waals surface area contributed by atoms with Gasteiger partial charge in [0.05, 0.1) is 32.9 Å². The van der Waals surface area contributed by atoms with Crippen LogP contribution in [0.3, 0.4) is 0 Å². The lowest BCUT2D eigenvalue weighted by molar-refractivity contribution is -0.138. The van der Waals surface area contributed by atoms with Crippen LogP contribution in [-0.2, 0) is 20.7 Å². The summed E-state index contributed by atoms with van der Waals surface area (Å²) in [4.78, 5) is 18.5. The molecule has 0 radical (unpaired) electrons. The Bertz CT molecular complexity index is 1070. The van der Waals surface area contributed by atoms with E-state index in [1.165, 1.54) is 30.0 Å². The lowest BCUT2D eigenvalue weighted by atomic mass is 9.73. The minimum absolute atomic E-state index is 0.0291. The first-order valence-corrected chi connectivity index (χ1v) is 10.2. The van der Waals surface area contributed by atoms with Gasteiger partial charge in [0.1, 0.15) is 12.0 Å². The van der Waals surface area contributed by atoms with Crippen LogP contribution in [0, 0.1) is 11.8 Å². The van der Waals surface area contributed by atoms with E-state index in [4.69, 9.17) is 18.9 Å². The third-order valence-corrected chi connectivity index (χ3v) is 6.83. The van der Waals surface area contributed by atoms with Gasteiger partial charge in [0.15, 0.2) is 11.5 Å². The molecule has 7 heteroatoms. The summed E-state index contributed by atoms with van der Waals surface area (Å²) >= 11 is 0. The summed E-state index contributed by atoms with van der Waals surface area (Å²) < 4.78 is 21.6. The van der Waals surface area contributed by atoms with Crippen molar-refractivity contribution in [3.63, 3.8) is 0 Å². The molecule has 3 atom stereocenters. The van der Waals surface area contributed by atoms with E-state index in [2.05, 4.69) is 22.5 Å². The van der Waals surface area contributed by atoms with Gasteiger partial charge in [-0.1, -0.05) is 6.58 Å². The van der Waals surface area contributed by atoms with Crippen LogP contribution >= 0.6 is 0 Å². The van der Waals surface area contributed by atoms with Gasteiger partial charge in [0.2, 0.25) is 0 Å². The van der Waals surface area contributed by atoms with Crippen LogP contribution in [0.2, 0.25) is 0 Å². The first kappa shape index (κ1) is 19.1. The van der Waals surface area contributed by atoms with Gasteiger partial charge in [-0.3, -0.25) is 4.90 Å². The number of hydrogen-bond donors (Lipinski definition) is 1. The number of aromatic amines is 1. The molecule has 7 nitrogen and oxygen atoms in total. The Kier molecular flexibility index (Phi) is 4.50. The number of ether oxygens (including phenoxy) is 4. The zero-order valence-electron chi connectivity index (χ0n) is 17.5. The van der Waals surface area contributed by atoms with Crippen molar-refractivity contribution in [1.82, 2.24) is 9.88 Å². The maximum atomic E-state index is 12.4. The summed E-state index contributed by atoms with van der Waals surface area (Å²) in [5.74, 6) is 1.96. The van der Waals surface area contributed by atoms with Gasteiger partial charge in [-0.2, -0.15) is 0 Å². The third kappa shape index (κ3) is 2.72. The smallest absolute Gasteiger partial charge is 0.337 e. The fourth-order valence-corrected chi connectivity index (χ4v) is 5.32. The molecule has 4 heterocycles. The van der Waals surface area contributed by atoms with Gasteiger partial charge < -0.3 is 23.9 Å². The van der Waals surface area contributed by atoms with Crippen molar-refractivity contribution in [2.75, 3.05) is 34.4 Å². The van der Waals surface area contributed by atoms with Gasteiger partial charge in [-0.05, 0) is 24.5 Å². The molecule has 3 aliphatic heterocycles. The molecule has 0 amide bonds. The van der Waals surface area contributed by atoms with Crippen molar-refractivity contribution < 1.29 is 23.7 Å². The van der Waals surface area contributed by atoms with Gasteiger partial charge in [-0.15, -0.1) is 0 Å². The normalized spacial score (nSPS) is 25.5. The van der Waals surface area contributed by atoms with Crippen LogP contribution in [0.1, 0.15) is 23.7 Å². The Balaban J connectivity index is 1.57. The van der Waals surface area contributed by atoms with E-state index in [1.807, 2.05) is 6.07 Å². The van der Waals surface area contributed by atoms with E-state index in [9.17, 15) is 4.79 Å². The van der Waals surface area contributed by atoms with Crippen LogP contribution in [-0.4, -0.2) is 50.3 Å². The van der Waals surface area contributed by atoms with Gasteiger partial charge in [-0.25, -0.2) is 4.79 Å². The quantitative estimate of drug-likeness (QED) is 0.783. The zero-order chi connectivity index (χ0) is 21.0. The first-order chi connectivity index (χ1) is 14.5. The highest BCUT2D eigenvalue weighted by molar-refractivity contribution is 5.90. The summed E-state index contributed by atoms with van der Waals surface area (Å²) in [5, 5.41) is 1.17. The number of carbonyl (C=O) groups excluding carboxylic acids is 1. The molecular formula is C23H26N2O5. The number of carbonyl (C=O) groups is 1.